The van der Waals surface area contributed by atoms with Gasteiger partial charge in [-0.15, -0.1) is 0 Å². The molecule has 1 heterocycles. The molecule has 2 N–H and O–H groups in total. The Labute approximate surface area is 174 Å². The van der Waals surface area contributed by atoms with E-state index in [-0.39, 0.29) is 11.3 Å². The molecule has 7 heteroatoms. The van der Waals surface area contributed by atoms with E-state index in [1.165, 1.54) is 25.3 Å². The molecule has 0 fully saturated rings. The average Bonchev–Trinajstić information content (AvgIpc) is 3.26. The number of esters is 1. The molecule has 0 saturated carbocycles. The molecule has 2 aromatic carbocycles. The third-order valence-electron chi connectivity index (χ3n) is 4.51. The van der Waals surface area contributed by atoms with Crippen LogP contribution >= 0.6 is 0 Å². The maximum atomic E-state index is 12.4. The number of carbonyl (C=O) groups excluding carboxylic acids is 3. The first-order valence-corrected chi connectivity index (χ1v) is 9.38. The molecular formula is C23H22N2O5. The van der Waals surface area contributed by atoms with Crippen LogP contribution in [0.2, 0.25) is 0 Å². The minimum Gasteiger partial charge on any atom is -0.459 e. The zero-order chi connectivity index (χ0) is 21.7. The highest BCUT2D eigenvalue weighted by Gasteiger charge is 2.20. The van der Waals surface area contributed by atoms with Crippen molar-refractivity contribution in [1.82, 2.24) is 0 Å². The van der Waals surface area contributed by atoms with Crippen LogP contribution in [-0.2, 0) is 9.53 Å². The van der Waals surface area contributed by atoms with Crippen molar-refractivity contribution in [2.75, 3.05) is 10.6 Å². The molecule has 0 spiro atoms. The Hall–Kier alpha value is -3.87. The number of rotatable bonds is 6. The number of furan rings is 1. The number of hydrogen-bond donors (Lipinski definition) is 2. The number of para-hydroxylation sites is 1. The van der Waals surface area contributed by atoms with Crippen LogP contribution in [0.4, 0.5) is 11.4 Å². The number of ether oxygens (including phenoxy) is 1. The SMILES string of the molecule is Cc1cccc(C)c1NC(=O)[C@@H](C)OC(=O)c1ccc(NC(=O)c2ccco2)cc1. The van der Waals surface area contributed by atoms with E-state index < -0.39 is 23.9 Å². The van der Waals surface area contributed by atoms with Crippen molar-refractivity contribution in [2.45, 2.75) is 26.9 Å². The van der Waals surface area contributed by atoms with Gasteiger partial charge in [0.1, 0.15) is 0 Å². The van der Waals surface area contributed by atoms with Crippen LogP contribution in [0, 0.1) is 13.8 Å². The van der Waals surface area contributed by atoms with Crippen molar-refractivity contribution < 1.29 is 23.5 Å². The summed E-state index contributed by atoms with van der Waals surface area (Å²) in [4.78, 5) is 36.8. The monoisotopic (exact) mass is 406 g/mol. The normalized spacial score (nSPS) is 11.4. The fourth-order valence-electron chi connectivity index (χ4n) is 2.81. The Morgan fingerprint density at radius 1 is 0.900 bits per heavy atom. The molecule has 7 nitrogen and oxygen atoms in total. The van der Waals surface area contributed by atoms with E-state index >= 15 is 0 Å². The highest BCUT2D eigenvalue weighted by molar-refractivity contribution is 6.02. The first-order valence-electron chi connectivity index (χ1n) is 9.38. The molecule has 154 valence electrons. The summed E-state index contributed by atoms with van der Waals surface area (Å²) in [6, 6.07) is 15.0. The van der Waals surface area contributed by atoms with E-state index in [1.807, 2.05) is 32.0 Å². The largest absolute Gasteiger partial charge is 0.459 e. The van der Waals surface area contributed by atoms with Gasteiger partial charge in [0.15, 0.2) is 11.9 Å². The Kier molecular flexibility index (Phi) is 6.32. The van der Waals surface area contributed by atoms with Gasteiger partial charge in [-0.2, -0.15) is 0 Å². The highest BCUT2D eigenvalue weighted by Crippen LogP contribution is 2.20. The lowest BCUT2D eigenvalue weighted by Gasteiger charge is -2.16. The lowest BCUT2D eigenvalue weighted by molar-refractivity contribution is -0.123. The quantitative estimate of drug-likeness (QED) is 0.594. The molecule has 2 amide bonds. The van der Waals surface area contributed by atoms with Crippen molar-refractivity contribution in [3.05, 3.63) is 83.3 Å². The molecule has 0 aliphatic rings. The van der Waals surface area contributed by atoms with Gasteiger partial charge < -0.3 is 19.8 Å². The minimum atomic E-state index is -0.977. The first kappa shape index (κ1) is 20.9. The zero-order valence-corrected chi connectivity index (χ0v) is 16.9. The summed E-state index contributed by atoms with van der Waals surface area (Å²) in [5.74, 6) is -1.26. The lowest BCUT2D eigenvalue weighted by Crippen LogP contribution is -2.30. The van der Waals surface area contributed by atoms with Gasteiger partial charge in [-0.25, -0.2) is 4.79 Å². The maximum absolute atomic E-state index is 12.4. The van der Waals surface area contributed by atoms with Gasteiger partial charge in [0.2, 0.25) is 0 Å². The molecule has 0 aliphatic carbocycles. The van der Waals surface area contributed by atoms with Gasteiger partial charge in [-0.05, 0) is 68.3 Å². The summed E-state index contributed by atoms with van der Waals surface area (Å²) in [6.45, 7) is 5.30. The van der Waals surface area contributed by atoms with Crippen molar-refractivity contribution in [1.29, 1.82) is 0 Å². The van der Waals surface area contributed by atoms with E-state index in [0.29, 0.717) is 11.4 Å². The number of hydrogen-bond acceptors (Lipinski definition) is 5. The van der Waals surface area contributed by atoms with Crippen LogP contribution < -0.4 is 10.6 Å². The van der Waals surface area contributed by atoms with E-state index in [9.17, 15) is 14.4 Å². The van der Waals surface area contributed by atoms with Gasteiger partial charge in [-0.3, -0.25) is 9.59 Å². The molecular weight excluding hydrogens is 384 g/mol. The van der Waals surface area contributed by atoms with Gasteiger partial charge >= 0.3 is 5.97 Å². The summed E-state index contributed by atoms with van der Waals surface area (Å²) >= 11 is 0. The topological polar surface area (TPSA) is 97.6 Å². The fourth-order valence-corrected chi connectivity index (χ4v) is 2.81. The van der Waals surface area contributed by atoms with Crippen molar-refractivity contribution in [2.24, 2.45) is 0 Å². The smallest absolute Gasteiger partial charge is 0.338 e. The van der Waals surface area contributed by atoms with Crippen LogP contribution in [0.3, 0.4) is 0 Å². The second kappa shape index (κ2) is 9.09. The predicted octanol–water partition coefficient (Wildman–Crippen LogP) is 4.33. The fraction of sp³-hybridized carbons (Fsp3) is 0.174. The van der Waals surface area contributed by atoms with E-state index in [2.05, 4.69) is 10.6 Å². The number of amides is 2. The number of benzene rings is 2. The number of nitrogens with one attached hydrogen (secondary N) is 2. The average molecular weight is 406 g/mol. The molecule has 0 aliphatic heterocycles. The molecule has 3 aromatic rings. The Morgan fingerprint density at radius 3 is 2.17 bits per heavy atom. The lowest BCUT2D eigenvalue weighted by atomic mass is 10.1. The molecule has 0 saturated heterocycles. The summed E-state index contributed by atoms with van der Waals surface area (Å²) in [5.41, 5.74) is 3.32. The molecule has 30 heavy (non-hydrogen) atoms. The third-order valence-corrected chi connectivity index (χ3v) is 4.51. The molecule has 0 unspecified atom stereocenters. The van der Waals surface area contributed by atoms with Gasteiger partial charge in [0.05, 0.1) is 11.8 Å². The summed E-state index contributed by atoms with van der Waals surface area (Å²) in [7, 11) is 0. The summed E-state index contributed by atoms with van der Waals surface area (Å²) in [5, 5.41) is 5.46. The highest BCUT2D eigenvalue weighted by atomic mass is 16.5. The van der Waals surface area contributed by atoms with Crippen LogP contribution in [-0.4, -0.2) is 23.9 Å². The number of carbonyl (C=O) groups is 3. The van der Waals surface area contributed by atoms with E-state index in [0.717, 1.165) is 11.1 Å². The standard InChI is InChI=1S/C23H22N2O5/c1-14-6-4-7-15(2)20(14)25-21(26)16(3)30-23(28)17-9-11-18(12-10-17)24-22(27)19-8-5-13-29-19/h4-13,16H,1-3H3,(H,24,27)(H,25,26)/t16-/m1/s1. The Bertz CT molecular complexity index is 1040. The Balaban J connectivity index is 1.58. The van der Waals surface area contributed by atoms with Crippen LogP contribution in [0.5, 0.6) is 0 Å². The number of aryl methyl sites for hydroxylation is 2. The van der Waals surface area contributed by atoms with Gasteiger partial charge in [-0.1, -0.05) is 18.2 Å². The van der Waals surface area contributed by atoms with Crippen molar-refractivity contribution in [3.63, 3.8) is 0 Å². The van der Waals surface area contributed by atoms with Crippen LogP contribution in [0.25, 0.3) is 0 Å². The molecule has 0 radical (unpaired) electrons. The van der Waals surface area contributed by atoms with Gasteiger partial charge in [0, 0.05) is 11.4 Å². The van der Waals surface area contributed by atoms with Crippen LogP contribution in [0.1, 0.15) is 39.0 Å². The molecule has 3 rings (SSSR count). The van der Waals surface area contributed by atoms with E-state index in [1.54, 1.807) is 24.3 Å². The maximum Gasteiger partial charge on any atom is 0.338 e. The molecule has 0 bridgehead atoms. The Morgan fingerprint density at radius 2 is 1.57 bits per heavy atom. The minimum absolute atomic E-state index is 0.183. The second-order valence-corrected chi connectivity index (χ2v) is 6.81. The second-order valence-electron chi connectivity index (χ2n) is 6.81. The molecule has 1 atom stereocenters. The number of anilines is 2. The molecule has 1 aromatic heterocycles. The first-order chi connectivity index (χ1) is 14.3. The van der Waals surface area contributed by atoms with Gasteiger partial charge in [0.25, 0.3) is 11.8 Å². The summed E-state index contributed by atoms with van der Waals surface area (Å²) < 4.78 is 10.3. The van der Waals surface area contributed by atoms with E-state index in [4.69, 9.17) is 9.15 Å². The van der Waals surface area contributed by atoms with Crippen molar-refractivity contribution >= 4 is 29.2 Å². The summed E-state index contributed by atoms with van der Waals surface area (Å²) in [6.07, 6.45) is 0.431. The van der Waals surface area contributed by atoms with Crippen LogP contribution in [0.15, 0.2) is 65.3 Å². The third kappa shape index (κ3) is 4.94. The predicted molar refractivity (Wildman–Crippen MR) is 113 cm³/mol. The van der Waals surface area contributed by atoms with Crippen molar-refractivity contribution in [3.8, 4) is 0 Å². The zero-order valence-electron chi connectivity index (χ0n) is 16.9.